The normalized spacial score (nSPS) is 14.4. The molecule has 0 aliphatic heterocycles. The van der Waals surface area contributed by atoms with Crippen molar-refractivity contribution >= 4 is 11.6 Å². The molecule has 98 valence electrons. The summed E-state index contributed by atoms with van der Waals surface area (Å²) in [5, 5.41) is 2.81. The summed E-state index contributed by atoms with van der Waals surface area (Å²) in [4.78, 5) is 0. The van der Waals surface area contributed by atoms with Gasteiger partial charge in [0, 0.05) is 12.6 Å². The molecule has 0 bridgehead atoms. The van der Waals surface area contributed by atoms with E-state index in [1.54, 1.807) is 0 Å². The second-order valence-corrected chi connectivity index (χ2v) is 3.80. The molecule has 0 saturated carbocycles. The Balaban J connectivity index is 3.13. The number of rotatable bonds is 3. The molecule has 2 N–H and O–H groups in total. The lowest BCUT2D eigenvalue weighted by Gasteiger charge is -2.11. The fourth-order valence-corrected chi connectivity index (χ4v) is 1.49. The van der Waals surface area contributed by atoms with Crippen LogP contribution in [0.2, 0.25) is 5.15 Å². The van der Waals surface area contributed by atoms with E-state index in [0.29, 0.717) is 0 Å². The van der Waals surface area contributed by atoms with Gasteiger partial charge >= 0.3 is 6.18 Å². The van der Waals surface area contributed by atoms with Crippen LogP contribution in [-0.4, -0.2) is 22.2 Å². The van der Waals surface area contributed by atoms with E-state index in [0.717, 1.165) is 4.68 Å². The Hall–Kier alpha value is -0.890. The van der Waals surface area contributed by atoms with Crippen molar-refractivity contribution in [2.75, 3.05) is 0 Å². The standard InChI is InChI=1S/C8H9ClF5N3/c1-17-6(9)3(2-4(15)7(10)11)5(16-17)8(12,13)14/h4,7H,2,15H2,1H3. The minimum absolute atomic E-state index is 0.339. The van der Waals surface area contributed by atoms with Gasteiger partial charge in [0.2, 0.25) is 0 Å². The first-order valence-electron chi connectivity index (χ1n) is 4.47. The van der Waals surface area contributed by atoms with Gasteiger partial charge < -0.3 is 5.73 Å². The highest BCUT2D eigenvalue weighted by molar-refractivity contribution is 6.30. The van der Waals surface area contributed by atoms with Crippen LogP contribution in [0.3, 0.4) is 0 Å². The molecule has 1 atom stereocenters. The number of hydrogen-bond donors (Lipinski definition) is 1. The van der Waals surface area contributed by atoms with Gasteiger partial charge in [0.1, 0.15) is 5.15 Å². The van der Waals surface area contributed by atoms with Gasteiger partial charge in [0.05, 0.1) is 6.04 Å². The van der Waals surface area contributed by atoms with Crippen LogP contribution in [0.5, 0.6) is 0 Å². The van der Waals surface area contributed by atoms with Crippen molar-refractivity contribution in [2.45, 2.75) is 25.1 Å². The molecule has 9 heteroatoms. The third-order valence-corrected chi connectivity index (χ3v) is 2.57. The van der Waals surface area contributed by atoms with Gasteiger partial charge in [-0.25, -0.2) is 8.78 Å². The Kier molecular flexibility index (Phi) is 3.98. The SMILES string of the molecule is Cn1nc(C(F)(F)F)c(CC(N)C(F)F)c1Cl. The van der Waals surface area contributed by atoms with Crippen molar-refractivity contribution in [3.63, 3.8) is 0 Å². The molecule has 0 spiro atoms. The number of alkyl halides is 5. The van der Waals surface area contributed by atoms with Crippen LogP contribution in [0.1, 0.15) is 11.3 Å². The molecule has 0 saturated heterocycles. The predicted molar refractivity (Wildman–Crippen MR) is 50.9 cm³/mol. The summed E-state index contributed by atoms with van der Waals surface area (Å²) in [6.45, 7) is 0. The zero-order valence-electron chi connectivity index (χ0n) is 8.60. The van der Waals surface area contributed by atoms with Gasteiger partial charge in [0.25, 0.3) is 6.43 Å². The van der Waals surface area contributed by atoms with Crippen molar-refractivity contribution in [1.82, 2.24) is 9.78 Å². The van der Waals surface area contributed by atoms with Gasteiger partial charge in [0.15, 0.2) is 5.69 Å². The third kappa shape index (κ3) is 3.06. The van der Waals surface area contributed by atoms with Crippen molar-refractivity contribution < 1.29 is 22.0 Å². The van der Waals surface area contributed by atoms with Crippen molar-refractivity contribution in [2.24, 2.45) is 12.8 Å². The Morgan fingerprint density at radius 3 is 2.35 bits per heavy atom. The third-order valence-electron chi connectivity index (χ3n) is 2.10. The fourth-order valence-electron chi connectivity index (χ4n) is 1.28. The number of nitrogens with two attached hydrogens (primary N) is 1. The van der Waals surface area contributed by atoms with Gasteiger partial charge in [-0.15, -0.1) is 0 Å². The van der Waals surface area contributed by atoms with E-state index in [1.165, 1.54) is 7.05 Å². The number of hydrogen-bond acceptors (Lipinski definition) is 2. The highest BCUT2D eigenvalue weighted by Gasteiger charge is 2.39. The largest absolute Gasteiger partial charge is 0.435 e. The molecular formula is C8H9ClF5N3. The molecule has 0 fully saturated rings. The highest BCUT2D eigenvalue weighted by atomic mass is 35.5. The Bertz CT molecular complexity index is 401. The van der Waals surface area contributed by atoms with Crippen LogP contribution in [0.25, 0.3) is 0 Å². The van der Waals surface area contributed by atoms with Crippen molar-refractivity contribution in [1.29, 1.82) is 0 Å². The maximum Gasteiger partial charge on any atom is 0.435 e. The molecule has 1 rings (SSSR count). The number of aryl methyl sites for hydroxylation is 1. The van der Waals surface area contributed by atoms with E-state index in [9.17, 15) is 22.0 Å². The molecular weight excluding hydrogens is 269 g/mol. The molecule has 0 aromatic carbocycles. The number of aromatic nitrogens is 2. The Morgan fingerprint density at radius 2 is 1.94 bits per heavy atom. The van der Waals surface area contributed by atoms with Gasteiger partial charge in [-0.3, -0.25) is 4.68 Å². The van der Waals surface area contributed by atoms with E-state index in [-0.39, 0.29) is 5.15 Å². The smallest absolute Gasteiger partial charge is 0.323 e. The summed E-state index contributed by atoms with van der Waals surface area (Å²) in [6.07, 6.45) is -8.35. The lowest BCUT2D eigenvalue weighted by molar-refractivity contribution is -0.142. The first-order valence-corrected chi connectivity index (χ1v) is 4.84. The van der Waals surface area contributed by atoms with Crippen LogP contribution in [0, 0.1) is 0 Å². The highest BCUT2D eigenvalue weighted by Crippen LogP contribution is 2.34. The second-order valence-electron chi connectivity index (χ2n) is 3.44. The summed E-state index contributed by atoms with van der Waals surface area (Å²) in [5.41, 5.74) is 3.24. The van der Waals surface area contributed by atoms with Gasteiger partial charge in [-0.1, -0.05) is 11.6 Å². The van der Waals surface area contributed by atoms with E-state index in [2.05, 4.69) is 5.10 Å². The quantitative estimate of drug-likeness (QED) is 0.861. The van der Waals surface area contributed by atoms with E-state index >= 15 is 0 Å². The van der Waals surface area contributed by atoms with Gasteiger partial charge in [-0.05, 0) is 6.42 Å². The first-order chi connectivity index (χ1) is 7.64. The second kappa shape index (κ2) is 4.77. The summed E-state index contributed by atoms with van der Waals surface area (Å²) in [7, 11) is 1.19. The maximum absolute atomic E-state index is 12.5. The Labute approximate surface area is 98.3 Å². The molecule has 1 unspecified atom stereocenters. The molecule has 17 heavy (non-hydrogen) atoms. The molecule has 0 aliphatic carbocycles. The number of halogens is 6. The van der Waals surface area contributed by atoms with E-state index in [1.807, 2.05) is 0 Å². The van der Waals surface area contributed by atoms with E-state index in [4.69, 9.17) is 17.3 Å². The zero-order chi connectivity index (χ0) is 13.4. The lowest BCUT2D eigenvalue weighted by atomic mass is 10.1. The van der Waals surface area contributed by atoms with Crippen LogP contribution >= 0.6 is 11.6 Å². The maximum atomic E-state index is 12.5. The van der Waals surface area contributed by atoms with Crippen LogP contribution in [0.15, 0.2) is 0 Å². The Morgan fingerprint density at radius 1 is 1.41 bits per heavy atom. The van der Waals surface area contributed by atoms with Crippen molar-refractivity contribution in [3.8, 4) is 0 Å². The average molecular weight is 278 g/mol. The topological polar surface area (TPSA) is 43.8 Å². The fraction of sp³-hybridized carbons (Fsp3) is 0.625. The molecule has 3 nitrogen and oxygen atoms in total. The summed E-state index contributed by atoms with van der Waals surface area (Å²) >= 11 is 5.57. The lowest BCUT2D eigenvalue weighted by Crippen LogP contribution is -2.31. The predicted octanol–water partition coefficient (Wildman–Crippen LogP) is 2.23. The summed E-state index contributed by atoms with van der Waals surface area (Å²) < 4.78 is 62.8. The monoisotopic (exact) mass is 277 g/mol. The zero-order valence-corrected chi connectivity index (χ0v) is 9.36. The summed E-state index contributed by atoms with van der Waals surface area (Å²) in [5.74, 6) is 0. The van der Waals surface area contributed by atoms with E-state index < -0.39 is 36.3 Å². The van der Waals surface area contributed by atoms with Crippen molar-refractivity contribution in [3.05, 3.63) is 16.4 Å². The van der Waals surface area contributed by atoms with Crippen LogP contribution in [0.4, 0.5) is 22.0 Å². The number of nitrogens with zero attached hydrogens (tertiary/aromatic N) is 2. The molecule has 0 aliphatic rings. The first kappa shape index (κ1) is 14.2. The molecule has 0 amide bonds. The molecule has 0 radical (unpaired) electrons. The van der Waals surface area contributed by atoms with Crippen LogP contribution in [-0.2, 0) is 19.6 Å². The molecule has 1 heterocycles. The molecule has 1 aromatic rings. The summed E-state index contributed by atoms with van der Waals surface area (Å²) in [6, 6.07) is -1.71. The van der Waals surface area contributed by atoms with Crippen LogP contribution < -0.4 is 5.73 Å². The molecule has 1 aromatic heterocycles. The minimum atomic E-state index is -4.75. The van der Waals surface area contributed by atoms with Gasteiger partial charge in [-0.2, -0.15) is 18.3 Å². The average Bonchev–Trinajstić information content (AvgIpc) is 2.45. The minimum Gasteiger partial charge on any atom is -0.323 e.